The van der Waals surface area contributed by atoms with Crippen LogP contribution in [0, 0.1) is 0 Å². The van der Waals surface area contributed by atoms with Crippen molar-refractivity contribution in [2.24, 2.45) is 0 Å². The molecule has 0 saturated carbocycles. The second-order valence-corrected chi connectivity index (χ2v) is 5.04. The number of unbranched alkanes of at least 4 members (excludes halogenated alkanes) is 4. The molecule has 0 fully saturated rings. The van der Waals surface area contributed by atoms with Crippen molar-refractivity contribution in [3.8, 4) is 0 Å². The number of hydrogen-bond acceptors (Lipinski definition) is 1. The van der Waals surface area contributed by atoms with E-state index in [2.05, 4.69) is 37.3 Å². The van der Waals surface area contributed by atoms with Gasteiger partial charge < -0.3 is 0 Å². The highest BCUT2D eigenvalue weighted by molar-refractivity contribution is 5.78. The Kier molecular flexibility index (Phi) is 8.20. The average molecular weight is 246 g/mol. The molecular formula is C17H26O. The van der Waals surface area contributed by atoms with Gasteiger partial charge in [-0.1, -0.05) is 56.5 Å². The van der Waals surface area contributed by atoms with Gasteiger partial charge in [-0.15, -0.1) is 0 Å². The molecule has 0 aliphatic rings. The number of aryl methyl sites for hydroxylation is 1. The standard InChI is InChI=1S/C17H26O/c1-2-3-14-17(18)15-10-5-4-7-11-16-12-8-6-9-13-16/h6,8-9,12-13H,2-5,7,10-11,14-15H2,1H3. The molecule has 0 spiro atoms. The van der Waals surface area contributed by atoms with E-state index in [9.17, 15) is 4.79 Å². The molecule has 0 bridgehead atoms. The van der Waals surface area contributed by atoms with E-state index in [0.717, 1.165) is 32.1 Å². The maximum absolute atomic E-state index is 11.5. The quantitative estimate of drug-likeness (QED) is 0.534. The van der Waals surface area contributed by atoms with Crippen molar-refractivity contribution in [1.82, 2.24) is 0 Å². The monoisotopic (exact) mass is 246 g/mol. The van der Waals surface area contributed by atoms with Crippen LogP contribution >= 0.6 is 0 Å². The Morgan fingerprint density at radius 1 is 0.889 bits per heavy atom. The molecule has 1 heteroatoms. The van der Waals surface area contributed by atoms with E-state index in [-0.39, 0.29) is 0 Å². The Labute approximate surface area is 112 Å². The molecule has 0 atom stereocenters. The predicted octanol–water partition coefficient (Wildman–Crippen LogP) is 4.94. The third kappa shape index (κ3) is 7.26. The van der Waals surface area contributed by atoms with Gasteiger partial charge in [-0.2, -0.15) is 0 Å². The van der Waals surface area contributed by atoms with Gasteiger partial charge in [0.25, 0.3) is 0 Å². The zero-order chi connectivity index (χ0) is 13.1. The molecule has 0 unspecified atom stereocenters. The lowest BCUT2D eigenvalue weighted by molar-refractivity contribution is -0.119. The minimum absolute atomic E-state index is 0.458. The Morgan fingerprint density at radius 3 is 2.28 bits per heavy atom. The highest BCUT2D eigenvalue weighted by atomic mass is 16.1. The summed E-state index contributed by atoms with van der Waals surface area (Å²) in [5, 5.41) is 0. The van der Waals surface area contributed by atoms with Gasteiger partial charge in [-0.25, -0.2) is 0 Å². The number of benzene rings is 1. The number of rotatable bonds is 10. The van der Waals surface area contributed by atoms with E-state index in [1.54, 1.807) is 0 Å². The second kappa shape index (κ2) is 9.87. The van der Waals surface area contributed by atoms with Gasteiger partial charge in [0.1, 0.15) is 5.78 Å². The van der Waals surface area contributed by atoms with Gasteiger partial charge in [0.2, 0.25) is 0 Å². The van der Waals surface area contributed by atoms with Crippen LogP contribution in [0.1, 0.15) is 63.9 Å². The summed E-state index contributed by atoms with van der Waals surface area (Å²) in [5.41, 5.74) is 1.43. The Bertz CT molecular complexity index is 316. The van der Waals surface area contributed by atoms with Gasteiger partial charge in [0.05, 0.1) is 0 Å². The highest BCUT2D eigenvalue weighted by Gasteiger charge is 2.00. The Balaban J connectivity index is 1.94. The summed E-state index contributed by atoms with van der Waals surface area (Å²) >= 11 is 0. The molecule has 1 aromatic carbocycles. The van der Waals surface area contributed by atoms with Gasteiger partial charge in [-0.3, -0.25) is 4.79 Å². The topological polar surface area (TPSA) is 17.1 Å². The first-order valence-electron chi connectivity index (χ1n) is 7.38. The van der Waals surface area contributed by atoms with Crippen molar-refractivity contribution >= 4 is 5.78 Å². The predicted molar refractivity (Wildman–Crippen MR) is 77.8 cm³/mol. The van der Waals surface area contributed by atoms with Crippen molar-refractivity contribution < 1.29 is 4.79 Å². The SMILES string of the molecule is CCCCC(=O)CCCCCCc1ccccc1. The molecule has 0 saturated heterocycles. The Morgan fingerprint density at radius 2 is 1.56 bits per heavy atom. The van der Waals surface area contributed by atoms with E-state index in [1.165, 1.54) is 31.2 Å². The lowest BCUT2D eigenvalue weighted by Crippen LogP contribution is -1.97. The third-order valence-corrected chi connectivity index (χ3v) is 3.32. The fourth-order valence-electron chi connectivity index (χ4n) is 2.15. The van der Waals surface area contributed by atoms with Crippen LogP contribution in [0.2, 0.25) is 0 Å². The molecule has 0 amide bonds. The fourth-order valence-corrected chi connectivity index (χ4v) is 2.15. The number of hydrogen-bond donors (Lipinski definition) is 0. The molecule has 100 valence electrons. The molecule has 0 radical (unpaired) electrons. The summed E-state index contributed by atoms with van der Waals surface area (Å²) < 4.78 is 0. The molecule has 1 aromatic rings. The van der Waals surface area contributed by atoms with E-state index in [4.69, 9.17) is 0 Å². The number of carbonyl (C=O) groups excluding carboxylic acids is 1. The van der Waals surface area contributed by atoms with Crippen LogP contribution in [0.4, 0.5) is 0 Å². The third-order valence-electron chi connectivity index (χ3n) is 3.32. The zero-order valence-corrected chi connectivity index (χ0v) is 11.7. The Hall–Kier alpha value is -1.11. The van der Waals surface area contributed by atoms with Crippen LogP contribution < -0.4 is 0 Å². The highest BCUT2D eigenvalue weighted by Crippen LogP contribution is 2.10. The molecule has 0 aliphatic heterocycles. The van der Waals surface area contributed by atoms with Crippen molar-refractivity contribution in [3.63, 3.8) is 0 Å². The largest absolute Gasteiger partial charge is 0.300 e. The average Bonchev–Trinajstić information content (AvgIpc) is 2.41. The zero-order valence-electron chi connectivity index (χ0n) is 11.7. The van der Waals surface area contributed by atoms with Gasteiger partial charge in [-0.05, 0) is 31.2 Å². The van der Waals surface area contributed by atoms with E-state index < -0.39 is 0 Å². The smallest absolute Gasteiger partial charge is 0.132 e. The van der Waals surface area contributed by atoms with Crippen LogP contribution in [-0.4, -0.2) is 5.78 Å². The molecule has 1 nitrogen and oxygen atoms in total. The van der Waals surface area contributed by atoms with Gasteiger partial charge in [0.15, 0.2) is 0 Å². The second-order valence-electron chi connectivity index (χ2n) is 5.04. The summed E-state index contributed by atoms with van der Waals surface area (Å²) in [7, 11) is 0. The first kappa shape index (κ1) is 14.9. The molecule has 18 heavy (non-hydrogen) atoms. The molecule has 0 heterocycles. The summed E-state index contributed by atoms with van der Waals surface area (Å²) in [6.45, 7) is 2.14. The number of ketones is 1. The maximum atomic E-state index is 11.5. The van der Waals surface area contributed by atoms with Crippen molar-refractivity contribution in [2.75, 3.05) is 0 Å². The molecule has 0 aromatic heterocycles. The summed E-state index contributed by atoms with van der Waals surface area (Å²) in [4.78, 5) is 11.5. The minimum Gasteiger partial charge on any atom is -0.300 e. The van der Waals surface area contributed by atoms with Crippen LogP contribution in [0.15, 0.2) is 30.3 Å². The number of carbonyl (C=O) groups is 1. The maximum Gasteiger partial charge on any atom is 0.132 e. The van der Waals surface area contributed by atoms with Crippen LogP contribution in [-0.2, 0) is 11.2 Å². The lowest BCUT2D eigenvalue weighted by atomic mass is 10.0. The summed E-state index contributed by atoms with van der Waals surface area (Å²) in [6.07, 6.45) is 9.72. The minimum atomic E-state index is 0.458. The normalized spacial score (nSPS) is 10.5. The lowest BCUT2D eigenvalue weighted by Gasteiger charge is -2.02. The van der Waals surface area contributed by atoms with Crippen LogP contribution in [0.5, 0.6) is 0 Å². The van der Waals surface area contributed by atoms with Crippen LogP contribution in [0.3, 0.4) is 0 Å². The molecule has 0 N–H and O–H groups in total. The van der Waals surface area contributed by atoms with Gasteiger partial charge in [0, 0.05) is 12.8 Å². The molecule has 0 aliphatic carbocycles. The van der Waals surface area contributed by atoms with E-state index in [1.807, 2.05) is 0 Å². The van der Waals surface area contributed by atoms with Crippen LogP contribution in [0.25, 0.3) is 0 Å². The van der Waals surface area contributed by atoms with E-state index in [0.29, 0.717) is 5.78 Å². The summed E-state index contributed by atoms with van der Waals surface area (Å²) in [6, 6.07) is 10.6. The summed E-state index contributed by atoms with van der Waals surface area (Å²) in [5.74, 6) is 0.458. The molecule has 1 rings (SSSR count). The first-order chi connectivity index (χ1) is 8.83. The number of Topliss-reactive ketones (excluding diaryl/α,β-unsaturated/α-hetero) is 1. The molecular weight excluding hydrogens is 220 g/mol. The van der Waals surface area contributed by atoms with Crippen molar-refractivity contribution in [1.29, 1.82) is 0 Å². The van der Waals surface area contributed by atoms with Gasteiger partial charge >= 0.3 is 0 Å². The van der Waals surface area contributed by atoms with Crippen molar-refractivity contribution in [3.05, 3.63) is 35.9 Å². The first-order valence-corrected chi connectivity index (χ1v) is 7.38. The van der Waals surface area contributed by atoms with E-state index >= 15 is 0 Å². The fraction of sp³-hybridized carbons (Fsp3) is 0.588. The van der Waals surface area contributed by atoms with Crippen molar-refractivity contribution in [2.45, 2.75) is 64.7 Å².